The molecule has 0 amide bonds. The van der Waals surface area contributed by atoms with Crippen molar-refractivity contribution >= 4 is 16.0 Å². The second kappa shape index (κ2) is 4.42. The summed E-state index contributed by atoms with van der Waals surface area (Å²) < 4.78 is 39.2. The fourth-order valence-electron chi connectivity index (χ4n) is 1.27. The molecule has 2 N–H and O–H groups in total. The van der Waals surface area contributed by atoms with E-state index in [1.165, 1.54) is 12.1 Å². The molecule has 1 aromatic heterocycles. The number of benzene rings is 1. The smallest absolute Gasteiger partial charge is 0.248 e. The average molecular weight is 267 g/mol. The molecule has 1 aromatic carbocycles. The van der Waals surface area contributed by atoms with Gasteiger partial charge in [0, 0.05) is 0 Å². The molecule has 92 valence electrons. The minimum atomic E-state index is -4.09. The third-order valence-corrected chi connectivity index (χ3v) is 3.40. The topological polar surface area (TPSA) is 112 Å². The van der Waals surface area contributed by atoms with E-state index in [1.807, 2.05) is 4.72 Å². The van der Waals surface area contributed by atoms with E-state index >= 15 is 0 Å². The van der Waals surface area contributed by atoms with Crippen LogP contribution >= 0.6 is 0 Å². The summed E-state index contributed by atoms with van der Waals surface area (Å²) in [5.74, 6) is -1.03. The van der Waals surface area contributed by atoms with Crippen LogP contribution in [-0.2, 0) is 10.0 Å². The predicted octanol–water partition coefficient (Wildman–Crippen LogP) is 0.616. The Morgan fingerprint density at radius 2 is 2.22 bits per heavy atom. The van der Waals surface area contributed by atoms with Crippen LogP contribution in [0.3, 0.4) is 0 Å². The van der Waals surface area contributed by atoms with E-state index in [9.17, 15) is 12.8 Å². The maximum Gasteiger partial charge on any atom is 0.265 e. The van der Waals surface area contributed by atoms with Gasteiger partial charge in [-0.05, 0) is 12.1 Å². The van der Waals surface area contributed by atoms with Crippen molar-refractivity contribution in [2.45, 2.75) is 4.90 Å². The van der Waals surface area contributed by atoms with E-state index < -0.39 is 26.3 Å². The molecule has 7 nitrogen and oxygen atoms in total. The fraction of sp³-hybridized carbons (Fsp3) is 0. The summed E-state index contributed by atoms with van der Waals surface area (Å²) in [4.78, 5) is 3.11. The number of anilines is 1. The maximum atomic E-state index is 13.3. The molecular weight excluding hydrogens is 261 g/mol. The summed E-state index contributed by atoms with van der Waals surface area (Å²) in [6.45, 7) is 0. The second-order valence-corrected chi connectivity index (χ2v) is 4.82. The molecule has 2 rings (SSSR count). The highest BCUT2D eigenvalue weighted by molar-refractivity contribution is 7.92. The normalized spacial score (nSPS) is 10.9. The third kappa shape index (κ3) is 2.14. The maximum absolute atomic E-state index is 13.3. The molecule has 9 heteroatoms. The average Bonchev–Trinajstić information content (AvgIpc) is 2.80. The lowest BCUT2D eigenvalue weighted by Gasteiger charge is -2.06. The van der Waals surface area contributed by atoms with Crippen molar-refractivity contribution in [3.63, 3.8) is 0 Å². The Bertz CT molecular complexity index is 705. The molecule has 0 fully saturated rings. The number of sulfonamides is 1. The summed E-state index contributed by atoms with van der Waals surface area (Å²) in [6, 6.07) is 4.84. The van der Waals surface area contributed by atoms with Crippen molar-refractivity contribution in [3.8, 4) is 6.07 Å². The Morgan fingerprint density at radius 1 is 1.44 bits per heavy atom. The first kappa shape index (κ1) is 12.0. The van der Waals surface area contributed by atoms with Crippen LogP contribution in [0.1, 0.15) is 5.56 Å². The Hall–Kier alpha value is -2.47. The summed E-state index contributed by atoms with van der Waals surface area (Å²) >= 11 is 0. The third-order valence-electron chi connectivity index (χ3n) is 2.02. The second-order valence-electron chi connectivity index (χ2n) is 3.16. The van der Waals surface area contributed by atoms with Crippen molar-refractivity contribution < 1.29 is 12.8 Å². The van der Waals surface area contributed by atoms with Crippen LogP contribution in [0.2, 0.25) is 0 Å². The molecule has 0 saturated heterocycles. The van der Waals surface area contributed by atoms with Crippen molar-refractivity contribution in [1.29, 1.82) is 5.26 Å². The van der Waals surface area contributed by atoms with E-state index in [2.05, 4.69) is 15.2 Å². The van der Waals surface area contributed by atoms with Crippen molar-refractivity contribution in [2.75, 3.05) is 4.72 Å². The molecular formula is C9H6FN5O2S. The van der Waals surface area contributed by atoms with Crippen LogP contribution in [-0.4, -0.2) is 23.6 Å². The molecule has 0 unspecified atom stereocenters. The lowest BCUT2D eigenvalue weighted by Crippen LogP contribution is -2.16. The van der Waals surface area contributed by atoms with Gasteiger partial charge in [-0.2, -0.15) is 15.3 Å². The summed E-state index contributed by atoms with van der Waals surface area (Å²) in [7, 11) is -4.09. The van der Waals surface area contributed by atoms with Crippen LogP contribution in [0.15, 0.2) is 29.4 Å². The van der Waals surface area contributed by atoms with Crippen molar-refractivity contribution in [3.05, 3.63) is 35.9 Å². The van der Waals surface area contributed by atoms with Crippen LogP contribution in [0.25, 0.3) is 0 Å². The Labute approximate surface area is 101 Å². The van der Waals surface area contributed by atoms with Crippen molar-refractivity contribution in [1.82, 2.24) is 15.2 Å². The summed E-state index contributed by atoms with van der Waals surface area (Å²) in [5.41, 5.74) is -0.551. The molecule has 18 heavy (non-hydrogen) atoms. The minimum Gasteiger partial charge on any atom is -0.248 e. The number of nitriles is 1. The number of halogens is 1. The molecule has 0 saturated carbocycles. The van der Waals surface area contributed by atoms with Gasteiger partial charge in [-0.15, -0.1) is 0 Å². The Kier molecular flexibility index (Phi) is 2.95. The zero-order chi connectivity index (χ0) is 13.2. The Morgan fingerprint density at radius 3 is 2.83 bits per heavy atom. The lowest BCUT2D eigenvalue weighted by molar-refractivity contribution is 0.593. The van der Waals surface area contributed by atoms with E-state index in [0.717, 1.165) is 18.5 Å². The summed E-state index contributed by atoms with van der Waals surface area (Å²) in [5, 5.41) is 14.5. The van der Waals surface area contributed by atoms with Gasteiger partial charge in [-0.3, -0.25) is 0 Å². The number of H-pyrrole nitrogens is 1. The lowest BCUT2D eigenvalue weighted by atomic mass is 10.2. The predicted molar refractivity (Wildman–Crippen MR) is 58.3 cm³/mol. The van der Waals surface area contributed by atoms with E-state index in [1.54, 1.807) is 0 Å². The van der Waals surface area contributed by atoms with Crippen molar-refractivity contribution in [2.24, 2.45) is 0 Å². The quantitative estimate of drug-likeness (QED) is 0.846. The van der Waals surface area contributed by atoms with Crippen LogP contribution in [0.4, 0.5) is 10.3 Å². The monoisotopic (exact) mass is 267 g/mol. The SMILES string of the molecule is N#Cc1c(F)cccc1S(=O)(=O)Nc1ncn[nH]1. The van der Waals surface area contributed by atoms with Gasteiger partial charge >= 0.3 is 0 Å². The highest BCUT2D eigenvalue weighted by Gasteiger charge is 2.22. The number of aromatic nitrogens is 3. The van der Waals surface area contributed by atoms with E-state index in [-0.39, 0.29) is 5.95 Å². The van der Waals surface area contributed by atoms with E-state index in [4.69, 9.17) is 5.26 Å². The van der Waals surface area contributed by atoms with Gasteiger partial charge in [-0.25, -0.2) is 22.6 Å². The van der Waals surface area contributed by atoms with Gasteiger partial charge in [0.25, 0.3) is 10.0 Å². The standard InChI is InChI=1S/C9H6FN5O2S/c10-7-2-1-3-8(6(7)4-11)18(16,17)15-9-12-5-13-14-9/h1-3,5H,(H2,12,13,14,15). The molecule has 2 aromatic rings. The van der Waals surface area contributed by atoms with E-state index in [0.29, 0.717) is 0 Å². The van der Waals surface area contributed by atoms with Gasteiger partial charge in [0.1, 0.15) is 28.7 Å². The van der Waals surface area contributed by atoms with Gasteiger partial charge < -0.3 is 0 Å². The highest BCUT2D eigenvalue weighted by Crippen LogP contribution is 2.19. The van der Waals surface area contributed by atoms with Gasteiger partial charge in [0.15, 0.2) is 0 Å². The largest absolute Gasteiger partial charge is 0.265 e. The molecule has 1 heterocycles. The highest BCUT2D eigenvalue weighted by atomic mass is 32.2. The van der Waals surface area contributed by atoms with Crippen LogP contribution in [0, 0.1) is 17.1 Å². The minimum absolute atomic E-state index is 0.122. The number of aromatic amines is 1. The van der Waals surface area contributed by atoms with Gasteiger partial charge in [0.05, 0.1) is 0 Å². The zero-order valence-corrected chi connectivity index (χ0v) is 9.57. The molecule has 0 spiro atoms. The molecule has 0 bridgehead atoms. The molecule has 0 radical (unpaired) electrons. The number of hydrogen-bond acceptors (Lipinski definition) is 5. The first-order valence-corrected chi connectivity index (χ1v) is 6.09. The molecule has 0 aliphatic heterocycles. The number of hydrogen-bond donors (Lipinski definition) is 2. The first-order chi connectivity index (χ1) is 8.54. The molecule has 0 aliphatic rings. The van der Waals surface area contributed by atoms with Crippen LogP contribution in [0.5, 0.6) is 0 Å². The number of nitrogens with one attached hydrogen (secondary N) is 2. The zero-order valence-electron chi connectivity index (χ0n) is 8.75. The fourth-order valence-corrected chi connectivity index (χ4v) is 2.41. The molecule has 0 aliphatic carbocycles. The first-order valence-electron chi connectivity index (χ1n) is 4.61. The van der Waals surface area contributed by atoms with Gasteiger partial charge in [0.2, 0.25) is 5.95 Å². The van der Waals surface area contributed by atoms with Gasteiger partial charge in [-0.1, -0.05) is 6.07 Å². The summed E-state index contributed by atoms with van der Waals surface area (Å²) in [6.07, 6.45) is 1.11. The number of nitrogens with zero attached hydrogens (tertiary/aromatic N) is 3. The molecule has 0 atom stereocenters. The number of rotatable bonds is 3. The van der Waals surface area contributed by atoms with Crippen LogP contribution < -0.4 is 4.72 Å². The Balaban J connectivity index is 2.49.